The first-order chi connectivity index (χ1) is 7.35. The second-order valence-electron chi connectivity index (χ2n) is 4.68. The summed E-state index contributed by atoms with van der Waals surface area (Å²) < 4.78 is 5.25. The lowest BCUT2D eigenvalue weighted by atomic mass is 10.1. The second-order valence-corrected chi connectivity index (χ2v) is 4.68. The Balaban J connectivity index is 1.74. The minimum Gasteiger partial charge on any atom is -0.497 e. The molecule has 1 saturated carbocycles. The Labute approximate surface area is 90.6 Å². The topological polar surface area (TPSA) is 21.3 Å². The average molecular weight is 203 g/mol. The highest BCUT2D eigenvalue weighted by Gasteiger charge is 2.28. The fourth-order valence-electron chi connectivity index (χ4n) is 2.42. The lowest BCUT2D eigenvalue weighted by molar-refractivity contribution is 0.414. The molecular weight excluding hydrogens is 186 g/mol. The summed E-state index contributed by atoms with van der Waals surface area (Å²) in [6.07, 6.45) is 5.10. The summed E-state index contributed by atoms with van der Waals surface area (Å²) in [7, 11) is 1.73. The molecule has 2 heteroatoms. The van der Waals surface area contributed by atoms with E-state index in [0.717, 1.165) is 11.8 Å². The summed E-state index contributed by atoms with van der Waals surface area (Å²) in [5, 5.41) is 3.70. The maximum atomic E-state index is 5.25. The zero-order chi connectivity index (χ0) is 10.3. The third-order valence-electron chi connectivity index (χ3n) is 3.39. The van der Waals surface area contributed by atoms with Gasteiger partial charge in [-0.05, 0) is 48.9 Å². The average Bonchev–Trinajstić information content (AvgIpc) is 2.96. The van der Waals surface area contributed by atoms with Gasteiger partial charge in [0.2, 0.25) is 0 Å². The van der Waals surface area contributed by atoms with E-state index in [0.29, 0.717) is 6.04 Å². The molecule has 2 aliphatic rings. The summed E-state index contributed by atoms with van der Waals surface area (Å²) in [5.74, 6) is 0.987. The van der Waals surface area contributed by atoms with Crippen molar-refractivity contribution in [1.29, 1.82) is 0 Å². The van der Waals surface area contributed by atoms with Crippen LogP contribution in [0.15, 0.2) is 18.2 Å². The smallest absolute Gasteiger partial charge is 0.119 e. The highest BCUT2D eigenvalue weighted by molar-refractivity contribution is 5.40. The molecule has 2 aliphatic carbocycles. The number of ether oxygens (including phenoxy) is 1. The molecule has 0 aliphatic heterocycles. The van der Waals surface area contributed by atoms with E-state index in [-0.39, 0.29) is 0 Å². The monoisotopic (exact) mass is 203 g/mol. The van der Waals surface area contributed by atoms with Gasteiger partial charge in [-0.3, -0.25) is 0 Å². The first-order valence-corrected chi connectivity index (χ1v) is 5.77. The molecule has 1 aromatic carbocycles. The molecule has 1 unspecified atom stereocenters. The van der Waals surface area contributed by atoms with Gasteiger partial charge in [0.05, 0.1) is 7.11 Å². The standard InChI is InChI=1S/C13H17NO/c1-15-13-5-2-9-6-12(7-10(9)8-13)14-11-3-4-11/h2,5,8,11-12,14H,3-4,6-7H2,1H3. The van der Waals surface area contributed by atoms with Gasteiger partial charge in [0.25, 0.3) is 0 Å². The Bertz CT molecular complexity index is 371. The van der Waals surface area contributed by atoms with Crippen LogP contribution in [0, 0.1) is 0 Å². The van der Waals surface area contributed by atoms with E-state index in [4.69, 9.17) is 4.74 Å². The Morgan fingerprint density at radius 1 is 1.13 bits per heavy atom. The molecule has 0 amide bonds. The van der Waals surface area contributed by atoms with Crippen LogP contribution in [-0.4, -0.2) is 19.2 Å². The number of benzene rings is 1. The molecule has 15 heavy (non-hydrogen) atoms. The van der Waals surface area contributed by atoms with Crippen molar-refractivity contribution in [3.8, 4) is 5.75 Å². The maximum absolute atomic E-state index is 5.25. The van der Waals surface area contributed by atoms with Gasteiger partial charge >= 0.3 is 0 Å². The van der Waals surface area contributed by atoms with E-state index in [1.165, 1.54) is 36.8 Å². The lowest BCUT2D eigenvalue weighted by Gasteiger charge is -2.09. The van der Waals surface area contributed by atoms with Crippen molar-refractivity contribution in [2.75, 3.05) is 7.11 Å². The normalized spacial score (nSPS) is 23.9. The van der Waals surface area contributed by atoms with E-state index in [1.54, 1.807) is 7.11 Å². The van der Waals surface area contributed by atoms with Crippen molar-refractivity contribution in [3.05, 3.63) is 29.3 Å². The largest absolute Gasteiger partial charge is 0.497 e. The molecule has 0 aromatic heterocycles. The van der Waals surface area contributed by atoms with Gasteiger partial charge in [-0.15, -0.1) is 0 Å². The molecular formula is C13H17NO. The minimum absolute atomic E-state index is 0.666. The van der Waals surface area contributed by atoms with Gasteiger partial charge in [-0.2, -0.15) is 0 Å². The molecule has 0 radical (unpaired) electrons. The first kappa shape index (κ1) is 9.22. The molecule has 0 bridgehead atoms. The Morgan fingerprint density at radius 3 is 2.67 bits per heavy atom. The molecule has 0 heterocycles. The number of hydrogen-bond acceptors (Lipinski definition) is 2. The van der Waals surface area contributed by atoms with Crippen molar-refractivity contribution in [1.82, 2.24) is 5.32 Å². The van der Waals surface area contributed by atoms with Crippen molar-refractivity contribution < 1.29 is 4.74 Å². The summed E-state index contributed by atoms with van der Waals surface area (Å²) in [6.45, 7) is 0. The summed E-state index contributed by atoms with van der Waals surface area (Å²) in [5.41, 5.74) is 2.96. The van der Waals surface area contributed by atoms with Crippen LogP contribution >= 0.6 is 0 Å². The van der Waals surface area contributed by atoms with Crippen LogP contribution < -0.4 is 10.1 Å². The van der Waals surface area contributed by atoms with Crippen LogP contribution in [0.4, 0.5) is 0 Å². The maximum Gasteiger partial charge on any atom is 0.119 e. The van der Waals surface area contributed by atoms with E-state index >= 15 is 0 Å². The Morgan fingerprint density at radius 2 is 1.93 bits per heavy atom. The van der Waals surface area contributed by atoms with Crippen LogP contribution in [0.1, 0.15) is 24.0 Å². The van der Waals surface area contributed by atoms with Gasteiger partial charge in [0.15, 0.2) is 0 Å². The molecule has 80 valence electrons. The van der Waals surface area contributed by atoms with Crippen molar-refractivity contribution in [2.45, 2.75) is 37.8 Å². The fourth-order valence-corrected chi connectivity index (χ4v) is 2.42. The van der Waals surface area contributed by atoms with Gasteiger partial charge in [-0.1, -0.05) is 6.07 Å². The van der Waals surface area contributed by atoms with Crippen molar-refractivity contribution >= 4 is 0 Å². The van der Waals surface area contributed by atoms with Gasteiger partial charge in [0, 0.05) is 12.1 Å². The van der Waals surface area contributed by atoms with Gasteiger partial charge in [-0.25, -0.2) is 0 Å². The predicted octanol–water partition coefficient (Wildman–Crippen LogP) is 1.91. The second kappa shape index (κ2) is 3.53. The number of rotatable bonds is 3. The third-order valence-corrected chi connectivity index (χ3v) is 3.39. The highest BCUT2D eigenvalue weighted by Crippen LogP contribution is 2.28. The van der Waals surface area contributed by atoms with E-state index < -0.39 is 0 Å². The van der Waals surface area contributed by atoms with Crippen LogP contribution in [0.5, 0.6) is 5.75 Å². The zero-order valence-electron chi connectivity index (χ0n) is 9.12. The Hall–Kier alpha value is -1.02. The van der Waals surface area contributed by atoms with Crippen molar-refractivity contribution in [3.63, 3.8) is 0 Å². The minimum atomic E-state index is 0.666. The summed E-state index contributed by atoms with van der Waals surface area (Å²) >= 11 is 0. The SMILES string of the molecule is COc1ccc2c(c1)CC(NC1CC1)C2. The molecule has 0 saturated heterocycles. The number of fused-ring (bicyclic) bond motifs is 1. The summed E-state index contributed by atoms with van der Waals surface area (Å²) in [6, 6.07) is 7.94. The molecule has 1 aromatic rings. The molecule has 2 nitrogen and oxygen atoms in total. The molecule has 1 N–H and O–H groups in total. The lowest BCUT2D eigenvalue weighted by Crippen LogP contribution is -2.31. The molecule has 0 spiro atoms. The zero-order valence-corrected chi connectivity index (χ0v) is 9.12. The molecule has 3 rings (SSSR count). The Kier molecular flexibility index (Phi) is 2.17. The predicted molar refractivity (Wildman–Crippen MR) is 60.3 cm³/mol. The third kappa shape index (κ3) is 1.86. The van der Waals surface area contributed by atoms with E-state index in [1.807, 2.05) is 0 Å². The van der Waals surface area contributed by atoms with Crippen LogP contribution in [0.2, 0.25) is 0 Å². The van der Waals surface area contributed by atoms with E-state index in [9.17, 15) is 0 Å². The van der Waals surface area contributed by atoms with E-state index in [2.05, 4.69) is 23.5 Å². The van der Waals surface area contributed by atoms with Crippen LogP contribution in [0.3, 0.4) is 0 Å². The first-order valence-electron chi connectivity index (χ1n) is 5.77. The quantitative estimate of drug-likeness (QED) is 0.810. The molecule has 1 fully saturated rings. The van der Waals surface area contributed by atoms with Crippen molar-refractivity contribution in [2.24, 2.45) is 0 Å². The van der Waals surface area contributed by atoms with Crippen LogP contribution in [0.25, 0.3) is 0 Å². The molecule has 1 atom stereocenters. The fraction of sp³-hybridized carbons (Fsp3) is 0.538. The van der Waals surface area contributed by atoms with Gasteiger partial charge < -0.3 is 10.1 Å². The number of hydrogen-bond donors (Lipinski definition) is 1. The van der Waals surface area contributed by atoms with Gasteiger partial charge in [0.1, 0.15) is 5.75 Å². The highest BCUT2D eigenvalue weighted by atomic mass is 16.5. The summed E-state index contributed by atoms with van der Waals surface area (Å²) in [4.78, 5) is 0. The number of methoxy groups -OCH3 is 1. The number of nitrogens with one attached hydrogen (secondary N) is 1. The van der Waals surface area contributed by atoms with Crippen LogP contribution in [-0.2, 0) is 12.8 Å².